The summed E-state index contributed by atoms with van der Waals surface area (Å²) >= 11 is 5.95. The lowest BCUT2D eigenvalue weighted by molar-refractivity contribution is 0.131. The number of likely N-dealkylation sites (tertiary alicyclic amines) is 1. The highest BCUT2D eigenvalue weighted by atomic mass is 35.5. The summed E-state index contributed by atoms with van der Waals surface area (Å²) in [5.41, 5.74) is 2.45. The van der Waals surface area contributed by atoms with Gasteiger partial charge >= 0.3 is 0 Å². The van der Waals surface area contributed by atoms with Gasteiger partial charge in [0, 0.05) is 18.3 Å². The second-order valence-electron chi connectivity index (χ2n) is 5.71. The number of nitrogens with zero attached hydrogens (tertiary/aromatic N) is 2. The Morgan fingerprint density at radius 3 is 2.83 bits per heavy atom. The number of rotatable bonds is 3. The molecule has 0 amide bonds. The Kier molecular flexibility index (Phi) is 4.63. The molecular formula is C15H23ClN2. The van der Waals surface area contributed by atoms with Crippen LogP contribution in [0.5, 0.6) is 0 Å². The summed E-state index contributed by atoms with van der Waals surface area (Å²) < 4.78 is 0. The number of hydrogen-bond acceptors (Lipinski definition) is 2. The predicted octanol–water partition coefficient (Wildman–Crippen LogP) is 4.23. The fourth-order valence-corrected chi connectivity index (χ4v) is 3.11. The molecule has 1 aromatic heterocycles. The molecular weight excluding hydrogens is 244 g/mol. The van der Waals surface area contributed by atoms with Gasteiger partial charge in [0.2, 0.25) is 0 Å². The minimum absolute atomic E-state index is 0.533. The Morgan fingerprint density at radius 2 is 2.17 bits per heavy atom. The predicted molar refractivity (Wildman–Crippen MR) is 77.0 cm³/mol. The van der Waals surface area contributed by atoms with Gasteiger partial charge in [-0.2, -0.15) is 0 Å². The van der Waals surface area contributed by atoms with Crippen molar-refractivity contribution >= 4 is 11.6 Å². The number of piperidine rings is 1. The van der Waals surface area contributed by atoms with Gasteiger partial charge in [0.1, 0.15) is 5.15 Å². The van der Waals surface area contributed by atoms with Crippen LogP contribution in [0.2, 0.25) is 5.15 Å². The van der Waals surface area contributed by atoms with E-state index in [9.17, 15) is 0 Å². The zero-order valence-corrected chi connectivity index (χ0v) is 12.4. The quantitative estimate of drug-likeness (QED) is 0.762. The Balaban J connectivity index is 2.22. The average Bonchev–Trinajstić information content (AvgIpc) is 2.30. The Bertz CT molecular complexity index is 403. The summed E-state index contributed by atoms with van der Waals surface area (Å²) in [4.78, 5) is 7.02. The number of hydrogen-bond donors (Lipinski definition) is 0. The lowest BCUT2D eigenvalue weighted by Gasteiger charge is -2.37. The third kappa shape index (κ3) is 3.24. The Hall–Kier alpha value is -0.600. The van der Waals surface area contributed by atoms with Crippen molar-refractivity contribution in [3.8, 4) is 0 Å². The molecule has 0 radical (unpaired) electrons. The van der Waals surface area contributed by atoms with Crippen molar-refractivity contribution in [1.82, 2.24) is 9.88 Å². The van der Waals surface area contributed by atoms with Crippen molar-refractivity contribution in [3.05, 3.63) is 28.5 Å². The lowest BCUT2D eigenvalue weighted by atomic mass is 9.93. The first kappa shape index (κ1) is 13.8. The van der Waals surface area contributed by atoms with Gasteiger partial charge in [0.05, 0.1) is 0 Å². The highest BCUT2D eigenvalue weighted by Gasteiger charge is 2.25. The smallest absolute Gasteiger partial charge is 0.129 e. The number of aryl methyl sites for hydroxylation is 1. The fraction of sp³-hybridized carbons (Fsp3) is 0.667. The van der Waals surface area contributed by atoms with Gasteiger partial charge in [-0.25, -0.2) is 4.98 Å². The molecule has 2 nitrogen and oxygen atoms in total. The molecule has 1 fully saturated rings. The molecule has 1 saturated heterocycles. The molecule has 0 aromatic carbocycles. The molecule has 1 aromatic rings. The zero-order valence-electron chi connectivity index (χ0n) is 11.6. The largest absolute Gasteiger partial charge is 0.296 e. The van der Waals surface area contributed by atoms with Crippen LogP contribution in [0.1, 0.15) is 50.4 Å². The van der Waals surface area contributed by atoms with Gasteiger partial charge in [0.25, 0.3) is 0 Å². The molecule has 2 rings (SSSR count). The highest BCUT2D eigenvalue weighted by molar-refractivity contribution is 6.29. The number of aromatic nitrogens is 1. The molecule has 1 aliphatic rings. The van der Waals surface area contributed by atoms with E-state index in [0.717, 1.165) is 5.69 Å². The summed E-state index contributed by atoms with van der Waals surface area (Å²) in [6.07, 6.45) is 3.89. The monoisotopic (exact) mass is 266 g/mol. The van der Waals surface area contributed by atoms with E-state index in [1.165, 1.54) is 37.9 Å². The number of halogens is 1. The van der Waals surface area contributed by atoms with E-state index in [1.807, 2.05) is 6.07 Å². The topological polar surface area (TPSA) is 16.1 Å². The van der Waals surface area contributed by atoms with Crippen molar-refractivity contribution < 1.29 is 0 Å². The van der Waals surface area contributed by atoms with E-state index < -0.39 is 0 Å². The summed E-state index contributed by atoms with van der Waals surface area (Å²) in [6, 6.07) is 4.62. The van der Waals surface area contributed by atoms with Gasteiger partial charge < -0.3 is 0 Å². The molecule has 2 heterocycles. The molecule has 18 heavy (non-hydrogen) atoms. The van der Waals surface area contributed by atoms with Crippen LogP contribution >= 0.6 is 11.6 Å². The minimum Gasteiger partial charge on any atom is -0.296 e. The SMILES string of the molecule is Cc1nc(Cl)ccc1[C@@H]1CCCCN1CC(C)C. The third-order valence-electron chi connectivity index (χ3n) is 3.67. The van der Waals surface area contributed by atoms with Crippen LogP contribution in [0.4, 0.5) is 0 Å². The van der Waals surface area contributed by atoms with Crippen LogP contribution in [-0.4, -0.2) is 23.0 Å². The van der Waals surface area contributed by atoms with Crippen molar-refractivity contribution in [1.29, 1.82) is 0 Å². The molecule has 0 saturated carbocycles. The van der Waals surface area contributed by atoms with E-state index in [2.05, 4.69) is 36.7 Å². The van der Waals surface area contributed by atoms with E-state index in [4.69, 9.17) is 11.6 Å². The Labute approximate surface area is 115 Å². The zero-order chi connectivity index (χ0) is 13.1. The first-order valence-electron chi connectivity index (χ1n) is 6.95. The number of pyridine rings is 1. The normalized spacial score (nSPS) is 21.5. The van der Waals surface area contributed by atoms with E-state index >= 15 is 0 Å². The van der Waals surface area contributed by atoms with Gasteiger partial charge in [-0.15, -0.1) is 0 Å². The summed E-state index contributed by atoms with van der Waals surface area (Å²) in [7, 11) is 0. The fourth-order valence-electron chi connectivity index (χ4n) is 2.92. The molecule has 0 bridgehead atoms. The van der Waals surface area contributed by atoms with Crippen LogP contribution in [-0.2, 0) is 0 Å². The van der Waals surface area contributed by atoms with E-state index in [1.54, 1.807) is 0 Å². The maximum atomic E-state index is 5.95. The van der Waals surface area contributed by atoms with Crippen molar-refractivity contribution in [3.63, 3.8) is 0 Å². The van der Waals surface area contributed by atoms with E-state index in [0.29, 0.717) is 17.1 Å². The van der Waals surface area contributed by atoms with Crippen molar-refractivity contribution in [2.75, 3.05) is 13.1 Å². The standard InChI is InChI=1S/C15H23ClN2/c1-11(2)10-18-9-5-4-6-14(18)13-7-8-15(16)17-12(13)3/h7-8,11,14H,4-6,9-10H2,1-3H3/t14-/m0/s1. The van der Waals surface area contributed by atoms with Crippen LogP contribution in [0.25, 0.3) is 0 Å². The second-order valence-corrected chi connectivity index (χ2v) is 6.10. The molecule has 0 unspecified atom stereocenters. The first-order chi connectivity index (χ1) is 8.58. The van der Waals surface area contributed by atoms with Crippen LogP contribution in [0.3, 0.4) is 0 Å². The molecule has 3 heteroatoms. The average molecular weight is 267 g/mol. The van der Waals surface area contributed by atoms with Crippen molar-refractivity contribution in [2.45, 2.75) is 46.1 Å². The lowest BCUT2D eigenvalue weighted by Crippen LogP contribution is -2.36. The molecule has 0 spiro atoms. The first-order valence-corrected chi connectivity index (χ1v) is 7.33. The molecule has 0 N–H and O–H groups in total. The van der Waals surface area contributed by atoms with Crippen LogP contribution in [0, 0.1) is 12.8 Å². The summed E-state index contributed by atoms with van der Waals surface area (Å²) in [6.45, 7) is 9.04. The van der Waals surface area contributed by atoms with Gasteiger partial charge in [0.15, 0.2) is 0 Å². The molecule has 1 aliphatic heterocycles. The summed E-state index contributed by atoms with van der Waals surface area (Å²) in [5.74, 6) is 0.714. The van der Waals surface area contributed by atoms with E-state index in [-0.39, 0.29) is 0 Å². The third-order valence-corrected chi connectivity index (χ3v) is 3.88. The molecule has 100 valence electrons. The van der Waals surface area contributed by atoms with Gasteiger partial charge in [-0.1, -0.05) is 37.9 Å². The van der Waals surface area contributed by atoms with Crippen LogP contribution in [0.15, 0.2) is 12.1 Å². The summed E-state index contributed by atoms with van der Waals surface area (Å²) in [5, 5.41) is 0.600. The highest BCUT2D eigenvalue weighted by Crippen LogP contribution is 2.33. The maximum Gasteiger partial charge on any atom is 0.129 e. The minimum atomic E-state index is 0.533. The van der Waals surface area contributed by atoms with Crippen LogP contribution < -0.4 is 0 Å². The second kappa shape index (κ2) is 6.03. The van der Waals surface area contributed by atoms with Gasteiger partial charge in [-0.3, -0.25) is 4.90 Å². The molecule has 1 atom stereocenters. The van der Waals surface area contributed by atoms with Gasteiger partial charge in [-0.05, 0) is 43.9 Å². The maximum absolute atomic E-state index is 5.95. The Morgan fingerprint density at radius 1 is 1.39 bits per heavy atom. The van der Waals surface area contributed by atoms with Crippen molar-refractivity contribution in [2.24, 2.45) is 5.92 Å². The molecule has 0 aliphatic carbocycles.